The Labute approximate surface area is 136 Å². The average molecular weight is 319 g/mol. The van der Waals surface area contributed by atoms with Crippen molar-refractivity contribution in [3.63, 3.8) is 0 Å². The number of nitrogens with two attached hydrogens (primary N) is 1. The first-order chi connectivity index (χ1) is 10.7. The molecule has 6 heteroatoms. The van der Waals surface area contributed by atoms with E-state index < -0.39 is 29.9 Å². The molecule has 1 aliphatic heterocycles. The van der Waals surface area contributed by atoms with Crippen LogP contribution in [-0.2, 0) is 9.31 Å². The van der Waals surface area contributed by atoms with E-state index in [2.05, 4.69) is 11.8 Å². The smallest absolute Gasteiger partial charge is 0.398 e. The van der Waals surface area contributed by atoms with Crippen molar-refractivity contribution in [3.05, 3.63) is 40.9 Å². The molecule has 0 unspecified atom stereocenters. The second-order valence-corrected chi connectivity index (χ2v) is 6.35. The number of rotatable bonds is 2. The maximum atomic E-state index is 14.5. The van der Waals surface area contributed by atoms with Crippen LogP contribution in [0.4, 0.5) is 8.78 Å². The van der Waals surface area contributed by atoms with E-state index in [9.17, 15) is 8.78 Å². The third kappa shape index (κ3) is 3.81. The standard InChI is InChI=1S/C17H20BF2NO2/c1-16(2)17(3,4)23-18(22-16)15(20)11-13-10-14(19)8-7-12(13)6-5-9-21/h7-8,10-11H,9,21H2,1-4H3. The summed E-state index contributed by atoms with van der Waals surface area (Å²) in [5.74, 6) is 4.99. The molecule has 1 aliphatic rings. The van der Waals surface area contributed by atoms with Gasteiger partial charge in [0.1, 0.15) is 11.5 Å². The first kappa shape index (κ1) is 17.7. The molecule has 0 saturated carbocycles. The summed E-state index contributed by atoms with van der Waals surface area (Å²) in [7, 11) is -1.13. The topological polar surface area (TPSA) is 44.5 Å². The third-order valence-corrected chi connectivity index (χ3v) is 4.11. The van der Waals surface area contributed by atoms with E-state index in [-0.39, 0.29) is 6.54 Å². The minimum absolute atomic E-state index is 0.167. The Hall–Kier alpha value is -1.68. The molecule has 122 valence electrons. The molecule has 2 rings (SSSR count). The van der Waals surface area contributed by atoms with Gasteiger partial charge in [0.05, 0.1) is 17.7 Å². The zero-order valence-electron chi connectivity index (χ0n) is 13.7. The van der Waals surface area contributed by atoms with Gasteiger partial charge in [-0.1, -0.05) is 11.8 Å². The molecule has 0 atom stereocenters. The summed E-state index contributed by atoms with van der Waals surface area (Å²) >= 11 is 0. The van der Waals surface area contributed by atoms with Crippen molar-refractivity contribution < 1.29 is 18.1 Å². The molecule has 3 nitrogen and oxygen atoms in total. The van der Waals surface area contributed by atoms with Crippen LogP contribution in [0.5, 0.6) is 0 Å². The molecule has 1 aromatic carbocycles. The van der Waals surface area contributed by atoms with E-state index in [0.717, 1.165) is 0 Å². The summed E-state index contributed by atoms with van der Waals surface area (Å²) in [6.45, 7) is 7.50. The molecule has 1 heterocycles. The van der Waals surface area contributed by atoms with Gasteiger partial charge in [-0.2, -0.15) is 0 Å². The number of halogens is 2. The zero-order valence-corrected chi connectivity index (χ0v) is 13.7. The van der Waals surface area contributed by atoms with Gasteiger partial charge in [0.15, 0.2) is 0 Å². The van der Waals surface area contributed by atoms with Gasteiger partial charge in [-0.15, -0.1) is 0 Å². The zero-order chi connectivity index (χ0) is 17.3. The molecule has 0 bridgehead atoms. The highest BCUT2D eigenvalue weighted by atomic mass is 19.1. The lowest BCUT2D eigenvalue weighted by Gasteiger charge is -2.32. The number of benzene rings is 1. The normalized spacial score (nSPS) is 19.4. The fraction of sp³-hybridized carbons (Fsp3) is 0.412. The molecule has 1 aromatic rings. The van der Waals surface area contributed by atoms with Gasteiger partial charge in [0.2, 0.25) is 0 Å². The van der Waals surface area contributed by atoms with Crippen LogP contribution in [0.25, 0.3) is 6.08 Å². The Balaban J connectivity index is 2.34. The van der Waals surface area contributed by atoms with Gasteiger partial charge in [-0.25, -0.2) is 8.78 Å². The van der Waals surface area contributed by atoms with Crippen molar-refractivity contribution >= 4 is 13.2 Å². The van der Waals surface area contributed by atoms with Crippen molar-refractivity contribution in [2.45, 2.75) is 38.9 Å². The second-order valence-electron chi connectivity index (χ2n) is 6.35. The van der Waals surface area contributed by atoms with Crippen LogP contribution in [0.1, 0.15) is 38.8 Å². The quantitative estimate of drug-likeness (QED) is 0.673. The van der Waals surface area contributed by atoms with Gasteiger partial charge < -0.3 is 15.0 Å². The summed E-state index contributed by atoms with van der Waals surface area (Å²) in [6, 6.07) is 3.97. The Morgan fingerprint density at radius 3 is 2.43 bits per heavy atom. The summed E-state index contributed by atoms with van der Waals surface area (Å²) in [5, 5.41) is 0. The lowest BCUT2D eigenvalue weighted by Crippen LogP contribution is -2.41. The lowest BCUT2D eigenvalue weighted by atomic mass is 9.86. The summed E-state index contributed by atoms with van der Waals surface area (Å²) < 4.78 is 39.3. The monoisotopic (exact) mass is 319 g/mol. The maximum Gasteiger partial charge on any atom is 0.525 e. The molecule has 23 heavy (non-hydrogen) atoms. The van der Waals surface area contributed by atoms with Crippen molar-refractivity contribution in [2.75, 3.05) is 6.54 Å². The van der Waals surface area contributed by atoms with Crippen LogP contribution in [0.3, 0.4) is 0 Å². The molecule has 1 saturated heterocycles. The van der Waals surface area contributed by atoms with Crippen LogP contribution in [-0.4, -0.2) is 24.9 Å². The van der Waals surface area contributed by atoms with E-state index in [1.165, 1.54) is 24.3 Å². The average Bonchev–Trinajstić information content (AvgIpc) is 2.67. The molecule has 0 amide bonds. The SMILES string of the molecule is CC1(C)OB(C(F)=Cc2cc(F)ccc2C#CCN)OC1(C)C. The Kier molecular flexibility index (Phi) is 4.95. The molecule has 1 fully saturated rings. The van der Waals surface area contributed by atoms with Crippen molar-refractivity contribution in [1.82, 2.24) is 0 Å². The van der Waals surface area contributed by atoms with Crippen LogP contribution >= 0.6 is 0 Å². The van der Waals surface area contributed by atoms with Gasteiger partial charge in [0.25, 0.3) is 0 Å². The molecule has 2 N–H and O–H groups in total. The molecule has 0 spiro atoms. The Morgan fingerprint density at radius 2 is 1.87 bits per heavy atom. The van der Waals surface area contributed by atoms with Gasteiger partial charge in [-0.3, -0.25) is 0 Å². The first-order valence-corrected chi connectivity index (χ1v) is 7.37. The van der Waals surface area contributed by atoms with Crippen LogP contribution in [0, 0.1) is 17.7 Å². The Bertz CT molecular complexity index is 674. The highest BCUT2D eigenvalue weighted by Gasteiger charge is 2.53. The van der Waals surface area contributed by atoms with E-state index in [4.69, 9.17) is 15.0 Å². The van der Waals surface area contributed by atoms with Gasteiger partial charge >= 0.3 is 7.12 Å². The minimum atomic E-state index is -1.13. The fourth-order valence-electron chi connectivity index (χ4n) is 2.09. The lowest BCUT2D eigenvalue weighted by molar-refractivity contribution is 0.00578. The van der Waals surface area contributed by atoms with Crippen molar-refractivity contribution in [1.29, 1.82) is 0 Å². The van der Waals surface area contributed by atoms with Gasteiger partial charge in [-0.05, 0) is 57.5 Å². The fourth-order valence-corrected chi connectivity index (χ4v) is 2.09. The van der Waals surface area contributed by atoms with Crippen LogP contribution < -0.4 is 5.73 Å². The predicted molar refractivity (Wildman–Crippen MR) is 87.5 cm³/mol. The van der Waals surface area contributed by atoms with E-state index in [1.54, 1.807) is 0 Å². The van der Waals surface area contributed by atoms with E-state index >= 15 is 0 Å². The van der Waals surface area contributed by atoms with E-state index in [0.29, 0.717) is 11.1 Å². The second kappa shape index (κ2) is 6.44. The number of hydrogen-bond acceptors (Lipinski definition) is 3. The number of hydrogen-bond donors (Lipinski definition) is 1. The van der Waals surface area contributed by atoms with Crippen LogP contribution in [0.2, 0.25) is 0 Å². The largest absolute Gasteiger partial charge is 0.525 e. The summed E-state index contributed by atoms with van der Waals surface area (Å²) in [4.78, 5) is 0. The molecular formula is C17H20BF2NO2. The van der Waals surface area contributed by atoms with E-state index in [1.807, 2.05) is 27.7 Å². The Morgan fingerprint density at radius 1 is 1.26 bits per heavy atom. The maximum absolute atomic E-state index is 14.5. The highest BCUT2D eigenvalue weighted by Crippen LogP contribution is 2.39. The van der Waals surface area contributed by atoms with Crippen LogP contribution in [0.15, 0.2) is 23.9 Å². The first-order valence-electron chi connectivity index (χ1n) is 7.37. The third-order valence-electron chi connectivity index (χ3n) is 4.11. The highest BCUT2D eigenvalue weighted by molar-refractivity contribution is 6.54. The molecular weight excluding hydrogens is 299 g/mol. The summed E-state index contributed by atoms with van der Waals surface area (Å²) in [5.41, 5.74) is 4.22. The summed E-state index contributed by atoms with van der Waals surface area (Å²) in [6.07, 6.45) is 1.19. The predicted octanol–water partition coefficient (Wildman–Crippen LogP) is 3.08. The molecule has 0 radical (unpaired) electrons. The minimum Gasteiger partial charge on any atom is -0.398 e. The molecule has 0 aromatic heterocycles. The van der Waals surface area contributed by atoms with Crippen molar-refractivity contribution in [2.24, 2.45) is 5.73 Å². The van der Waals surface area contributed by atoms with Crippen molar-refractivity contribution in [3.8, 4) is 11.8 Å². The van der Waals surface area contributed by atoms with Gasteiger partial charge in [0, 0.05) is 5.56 Å². The molecule has 0 aliphatic carbocycles.